The van der Waals surface area contributed by atoms with E-state index in [2.05, 4.69) is 17.8 Å². The largest absolute Gasteiger partial charge is 0.410 e. The second-order valence-corrected chi connectivity index (χ2v) is 6.24. The predicted molar refractivity (Wildman–Crippen MR) is 74.8 cm³/mol. The van der Waals surface area contributed by atoms with Crippen molar-refractivity contribution in [2.45, 2.75) is 64.2 Å². The highest BCUT2D eigenvalue weighted by Gasteiger charge is 2.34. The summed E-state index contributed by atoms with van der Waals surface area (Å²) in [6, 6.07) is 0. The first kappa shape index (κ1) is 13.3. The van der Waals surface area contributed by atoms with E-state index in [-0.39, 0.29) is 0 Å². The van der Waals surface area contributed by atoms with Crippen molar-refractivity contribution >= 4 is 17.7 Å². The van der Waals surface area contributed by atoms with Gasteiger partial charge in [-0.1, -0.05) is 43.7 Å². The fourth-order valence-corrected chi connectivity index (χ4v) is 4.28. The minimum absolute atomic E-state index is 0.434. The molecule has 2 aliphatic carbocycles. The van der Waals surface area contributed by atoms with E-state index >= 15 is 0 Å². The van der Waals surface area contributed by atoms with Gasteiger partial charge in [0, 0.05) is 5.92 Å². The van der Waals surface area contributed by atoms with Crippen molar-refractivity contribution in [3.05, 3.63) is 0 Å². The van der Waals surface area contributed by atoms with Gasteiger partial charge in [-0.3, -0.25) is 0 Å². The molecular weight excluding hydrogens is 230 g/mol. The van der Waals surface area contributed by atoms with Crippen molar-refractivity contribution in [2.24, 2.45) is 22.9 Å². The van der Waals surface area contributed by atoms with Gasteiger partial charge in [-0.15, -0.1) is 12.6 Å². The number of nitrogens with zero attached hydrogens (tertiary/aromatic N) is 1. The summed E-state index contributed by atoms with van der Waals surface area (Å²) in [5.74, 6) is 1.87. The molecule has 17 heavy (non-hydrogen) atoms. The summed E-state index contributed by atoms with van der Waals surface area (Å²) in [6.45, 7) is 0. The third-order valence-corrected chi connectivity index (χ3v) is 5.10. The lowest BCUT2D eigenvalue weighted by Gasteiger charge is -2.36. The lowest BCUT2D eigenvalue weighted by Crippen LogP contribution is -2.31. The van der Waals surface area contributed by atoms with E-state index < -0.39 is 0 Å². The third kappa shape index (κ3) is 3.40. The molecule has 0 spiro atoms. The van der Waals surface area contributed by atoms with Crippen LogP contribution in [0.5, 0.6) is 0 Å². The molecule has 2 aliphatic rings. The second kappa shape index (κ2) is 6.67. The molecule has 2 nitrogen and oxygen atoms in total. The summed E-state index contributed by atoms with van der Waals surface area (Å²) in [6.07, 6.45) is 13.4. The normalized spacial score (nSPS) is 25.4. The number of thiol groups is 1. The van der Waals surface area contributed by atoms with Gasteiger partial charge in [-0.2, -0.15) is 0 Å². The highest BCUT2D eigenvalue weighted by Crippen LogP contribution is 2.41. The van der Waals surface area contributed by atoms with E-state index in [0.29, 0.717) is 11.0 Å². The molecule has 0 aliphatic heterocycles. The Labute approximate surface area is 110 Å². The Morgan fingerprint density at radius 2 is 1.29 bits per heavy atom. The molecule has 0 aromatic carbocycles. The highest BCUT2D eigenvalue weighted by molar-refractivity contribution is 7.97. The van der Waals surface area contributed by atoms with E-state index in [0.717, 1.165) is 11.8 Å². The number of hydrogen-bond donors (Lipinski definition) is 2. The van der Waals surface area contributed by atoms with Gasteiger partial charge in [0.15, 0.2) is 0 Å². The van der Waals surface area contributed by atoms with Crippen molar-refractivity contribution in [2.75, 3.05) is 0 Å². The SMILES string of the molecule is ON=C(S)C(C1CCCCC1)C1CCCCC1. The first-order chi connectivity index (χ1) is 8.33. The molecule has 2 rings (SSSR count). The van der Waals surface area contributed by atoms with Crippen LogP contribution in [0, 0.1) is 17.8 Å². The van der Waals surface area contributed by atoms with Crippen molar-refractivity contribution in [3.63, 3.8) is 0 Å². The van der Waals surface area contributed by atoms with Crippen LogP contribution < -0.4 is 0 Å². The summed E-state index contributed by atoms with van der Waals surface area (Å²) in [7, 11) is 0. The summed E-state index contributed by atoms with van der Waals surface area (Å²) >= 11 is 4.45. The van der Waals surface area contributed by atoms with Gasteiger partial charge in [-0.25, -0.2) is 0 Å². The lowest BCUT2D eigenvalue weighted by atomic mass is 9.70. The lowest BCUT2D eigenvalue weighted by molar-refractivity contribution is 0.193. The molecule has 0 bridgehead atoms. The average molecular weight is 255 g/mol. The van der Waals surface area contributed by atoms with Crippen molar-refractivity contribution < 1.29 is 5.21 Å². The van der Waals surface area contributed by atoms with Crippen LogP contribution in [0.2, 0.25) is 0 Å². The van der Waals surface area contributed by atoms with E-state index in [4.69, 9.17) is 5.21 Å². The molecule has 98 valence electrons. The Morgan fingerprint density at radius 3 is 1.65 bits per heavy atom. The van der Waals surface area contributed by atoms with Crippen LogP contribution in [0.15, 0.2) is 5.16 Å². The summed E-state index contributed by atoms with van der Waals surface area (Å²) in [5.41, 5.74) is 0. The minimum atomic E-state index is 0.434. The molecule has 0 heterocycles. The Bertz CT molecular complexity index is 237. The van der Waals surface area contributed by atoms with Gasteiger partial charge >= 0.3 is 0 Å². The van der Waals surface area contributed by atoms with E-state index in [1.54, 1.807) is 0 Å². The predicted octanol–water partition coefficient (Wildman–Crippen LogP) is 4.48. The summed E-state index contributed by atoms with van der Waals surface area (Å²) in [4.78, 5) is 0. The molecule has 0 atom stereocenters. The van der Waals surface area contributed by atoms with Crippen molar-refractivity contribution in [3.8, 4) is 0 Å². The average Bonchev–Trinajstić information content (AvgIpc) is 2.41. The molecule has 0 aromatic heterocycles. The van der Waals surface area contributed by atoms with Gasteiger partial charge in [0.05, 0.1) is 0 Å². The topological polar surface area (TPSA) is 32.6 Å². The van der Waals surface area contributed by atoms with Crippen LogP contribution in [0.1, 0.15) is 64.2 Å². The number of hydrogen-bond acceptors (Lipinski definition) is 2. The first-order valence-corrected chi connectivity index (χ1v) is 7.68. The van der Waals surface area contributed by atoms with Gasteiger partial charge in [0.1, 0.15) is 5.04 Å². The number of rotatable bonds is 3. The summed E-state index contributed by atoms with van der Waals surface area (Å²) in [5, 5.41) is 13.2. The van der Waals surface area contributed by atoms with Crippen LogP contribution >= 0.6 is 12.6 Å². The van der Waals surface area contributed by atoms with Crippen LogP contribution in [0.3, 0.4) is 0 Å². The zero-order chi connectivity index (χ0) is 12.1. The Hall–Kier alpha value is -0.180. The van der Waals surface area contributed by atoms with Gasteiger partial charge in [0.25, 0.3) is 0 Å². The fourth-order valence-electron chi connectivity index (χ4n) is 3.86. The standard InChI is InChI=1S/C14H25NOS/c16-15-14(17)13(11-7-3-1-4-8-11)12-9-5-2-6-10-12/h11-13,16H,1-10H2,(H,15,17). The monoisotopic (exact) mass is 255 g/mol. The van der Waals surface area contributed by atoms with Crippen molar-refractivity contribution in [1.29, 1.82) is 0 Å². The van der Waals surface area contributed by atoms with Crippen molar-refractivity contribution in [1.82, 2.24) is 0 Å². The van der Waals surface area contributed by atoms with Crippen LogP contribution in [-0.2, 0) is 0 Å². The molecule has 0 aromatic rings. The second-order valence-electron chi connectivity index (χ2n) is 5.78. The maximum absolute atomic E-state index is 9.08. The third-order valence-electron chi connectivity index (χ3n) is 4.72. The quantitative estimate of drug-likeness (QED) is 0.252. The smallest absolute Gasteiger partial charge is 0.113 e. The van der Waals surface area contributed by atoms with E-state index in [1.807, 2.05) is 0 Å². The zero-order valence-corrected chi connectivity index (χ0v) is 11.5. The molecule has 0 amide bonds. The van der Waals surface area contributed by atoms with Gasteiger partial charge < -0.3 is 5.21 Å². The molecule has 2 fully saturated rings. The summed E-state index contributed by atoms with van der Waals surface area (Å²) < 4.78 is 0. The molecule has 0 radical (unpaired) electrons. The van der Waals surface area contributed by atoms with E-state index in [1.165, 1.54) is 64.2 Å². The Morgan fingerprint density at radius 1 is 0.882 bits per heavy atom. The minimum Gasteiger partial charge on any atom is -0.410 e. The van der Waals surface area contributed by atoms with Crippen LogP contribution in [0.25, 0.3) is 0 Å². The molecule has 0 unspecified atom stereocenters. The Kier molecular flexibility index (Phi) is 5.20. The first-order valence-electron chi connectivity index (χ1n) is 7.24. The Balaban J connectivity index is 2.05. The molecule has 3 heteroatoms. The molecular formula is C14H25NOS. The fraction of sp³-hybridized carbons (Fsp3) is 0.929. The number of oxime groups is 1. The molecule has 1 N–H and O–H groups in total. The van der Waals surface area contributed by atoms with Gasteiger partial charge in [0.2, 0.25) is 0 Å². The molecule has 2 saturated carbocycles. The maximum Gasteiger partial charge on any atom is 0.113 e. The highest BCUT2D eigenvalue weighted by atomic mass is 32.1. The molecule has 0 saturated heterocycles. The van der Waals surface area contributed by atoms with Gasteiger partial charge in [-0.05, 0) is 37.5 Å². The van der Waals surface area contributed by atoms with Crippen LogP contribution in [0.4, 0.5) is 0 Å². The van der Waals surface area contributed by atoms with Crippen LogP contribution in [-0.4, -0.2) is 10.3 Å². The maximum atomic E-state index is 9.08. The van der Waals surface area contributed by atoms with E-state index in [9.17, 15) is 0 Å². The zero-order valence-electron chi connectivity index (χ0n) is 10.6.